The third-order valence-electron chi connectivity index (χ3n) is 3.27. The summed E-state index contributed by atoms with van der Waals surface area (Å²) in [5, 5.41) is 0. The van der Waals surface area contributed by atoms with Crippen molar-refractivity contribution in [2.45, 2.75) is 33.0 Å². The molecule has 3 aromatic rings. The van der Waals surface area contributed by atoms with E-state index in [4.69, 9.17) is 15.2 Å². The van der Waals surface area contributed by atoms with Crippen LogP contribution in [0.1, 0.15) is 26.3 Å². The molecular weight excluding hydrogens is 441 g/mol. The molecular formula is C17H18N5O3Sn. The molecule has 0 aliphatic rings. The van der Waals surface area contributed by atoms with E-state index in [0.717, 1.165) is 5.56 Å². The van der Waals surface area contributed by atoms with Crippen molar-refractivity contribution in [3.05, 3.63) is 36.2 Å². The second-order valence-electron chi connectivity index (χ2n) is 6.64. The number of rotatable bonds is 3. The van der Waals surface area contributed by atoms with Crippen LogP contribution in [0.3, 0.4) is 0 Å². The topological polar surface area (TPSA) is 105 Å². The predicted molar refractivity (Wildman–Crippen MR) is 97.5 cm³/mol. The molecule has 9 heteroatoms. The van der Waals surface area contributed by atoms with E-state index < -0.39 is 11.7 Å². The zero-order chi connectivity index (χ0) is 18.9. The first-order valence-electron chi connectivity index (χ1n) is 7.90. The third kappa shape index (κ3) is 4.24. The minimum absolute atomic E-state index is 0.00755. The number of ether oxygens (including phenoxy) is 2. The number of aromatic nitrogens is 4. The minimum atomic E-state index is -0.640. The molecule has 8 nitrogen and oxygen atoms in total. The number of imidazole rings is 1. The van der Waals surface area contributed by atoms with Crippen LogP contribution >= 0.6 is 0 Å². The SMILES string of the molecule is CC(C)(C)OC(=O)n1cnc2c(OCc3ccc[c]([Sn])c3)nc(N)nc21. The number of benzene rings is 1. The number of carbonyl (C=O) groups excluding carboxylic acids is 1. The molecule has 0 bridgehead atoms. The Balaban J connectivity index is 1.91. The van der Waals surface area contributed by atoms with Crippen LogP contribution in [0.4, 0.5) is 10.7 Å². The summed E-state index contributed by atoms with van der Waals surface area (Å²) in [7, 11) is 0. The fourth-order valence-electron chi connectivity index (χ4n) is 2.25. The number of hydrogen-bond acceptors (Lipinski definition) is 7. The van der Waals surface area contributed by atoms with Crippen LogP contribution in [0.15, 0.2) is 30.6 Å². The molecule has 0 aliphatic heterocycles. The van der Waals surface area contributed by atoms with E-state index in [1.165, 1.54) is 37.0 Å². The van der Waals surface area contributed by atoms with Crippen LogP contribution in [0.5, 0.6) is 5.88 Å². The number of nitrogens with zero attached hydrogens (tertiary/aromatic N) is 4. The number of hydrogen-bond donors (Lipinski definition) is 1. The fourth-order valence-corrected chi connectivity index (χ4v) is 3.05. The van der Waals surface area contributed by atoms with Crippen LogP contribution in [0.25, 0.3) is 11.2 Å². The molecule has 0 atom stereocenters. The number of nitrogen functional groups attached to an aromatic ring is 1. The van der Waals surface area contributed by atoms with Crippen LogP contribution in [0, 0.1) is 0 Å². The van der Waals surface area contributed by atoms with Crippen molar-refractivity contribution in [2.24, 2.45) is 0 Å². The zero-order valence-corrected chi connectivity index (χ0v) is 17.5. The van der Waals surface area contributed by atoms with E-state index in [0.29, 0.717) is 12.1 Å². The Hall–Kier alpha value is -2.36. The van der Waals surface area contributed by atoms with E-state index in [1.54, 1.807) is 20.8 Å². The van der Waals surface area contributed by atoms with Crippen molar-refractivity contribution in [3.63, 3.8) is 0 Å². The van der Waals surface area contributed by atoms with Gasteiger partial charge in [-0.25, -0.2) is 0 Å². The van der Waals surface area contributed by atoms with Gasteiger partial charge in [0.05, 0.1) is 0 Å². The maximum atomic E-state index is 12.3. The van der Waals surface area contributed by atoms with Gasteiger partial charge in [-0.15, -0.1) is 0 Å². The van der Waals surface area contributed by atoms with Gasteiger partial charge in [0, 0.05) is 0 Å². The quantitative estimate of drug-likeness (QED) is 0.593. The van der Waals surface area contributed by atoms with Crippen molar-refractivity contribution in [1.29, 1.82) is 0 Å². The number of fused-ring (bicyclic) bond motifs is 1. The second kappa shape index (κ2) is 7.10. The fraction of sp³-hybridized carbons (Fsp3) is 0.294. The first-order valence-corrected chi connectivity index (χ1v) is 9.33. The molecule has 0 saturated carbocycles. The van der Waals surface area contributed by atoms with Gasteiger partial charge in [-0.05, 0) is 20.8 Å². The van der Waals surface area contributed by atoms with Gasteiger partial charge in [-0.2, -0.15) is 0 Å². The normalized spacial score (nSPS) is 11.5. The van der Waals surface area contributed by atoms with Gasteiger partial charge in [0.2, 0.25) is 0 Å². The van der Waals surface area contributed by atoms with Crippen molar-refractivity contribution in [1.82, 2.24) is 19.5 Å². The van der Waals surface area contributed by atoms with Crippen LogP contribution in [-0.4, -0.2) is 53.7 Å². The van der Waals surface area contributed by atoms with Gasteiger partial charge in [0.25, 0.3) is 0 Å². The molecule has 0 amide bonds. The van der Waals surface area contributed by atoms with Crippen molar-refractivity contribution >= 4 is 49.3 Å². The molecule has 0 spiro atoms. The molecule has 0 aliphatic carbocycles. The Bertz CT molecular complexity index is 965. The standard InChI is InChI=1S/C17H18N5O3.Sn/c1-17(2,3)25-16(23)22-10-19-12-13(22)20-15(18)21-14(12)24-9-11-7-5-4-6-8-11;/h4-5,7-8,10H,9H2,1-3H3,(H2,18,20,21);. The third-order valence-corrected chi connectivity index (χ3v) is 4.16. The first-order chi connectivity index (χ1) is 12.2. The van der Waals surface area contributed by atoms with Crippen LogP contribution < -0.4 is 14.0 Å². The summed E-state index contributed by atoms with van der Waals surface area (Å²) in [6, 6.07) is 8.04. The van der Waals surface area contributed by atoms with Gasteiger partial charge >= 0.3 is 143 Å². The van der Waals surface area contributed by atoms with Gasteiger partial charge in [0.1, 0.15) is 0 Å². The Morgan fingerprint density at radius 1 is 1.31 bits per heavy atom. The van der Waals surface area contributed by atoms with Crippen LogP contribution in [-0.2, 0) is 11.3 Å². The molecule has 133 valence electrons. The van der Waals surface area contributed by atoms with E-state index in [-0.39, 0.29) is 17.5 Å². The molecule has 0 fully saturated rings. The van der Waals surface area contributed by atoms with Gasteiger partial charge in [0.15, 0.2) is 0 Å². The summed E-state index contributed by atoms with van der Waals surface area (Å²) in [4.78, 5) is 24.8. The molecule has 26 heavy (non-hydrogen) atoms. The summed E-state index contributed by atoms with van der Waals surface area (Å²) in [5.41, 5.74) is 6.75. The van der Waals surface area contributed by atoms with E-state index in [1.807, 2.05) is 18.2 Å². The summed E-state index contributed by atoms with van der Waals surface area (Å²) >= 11 is 1.33. The van der Waals surface area contributed by atoms with Crippen molar-refractivity contribution in [3.8, 4) is 5.88 Å². The average molecular weight is 459 g/mol. The Morgan fingerprint density at radius 3 is 2.77 bits per heavy atom. The molecule has 0 saturated heterocycles. The predicted octanol–water partition coefficient (Wildman–Crippen LogP) is 1.56. The summed E-state index contributed by atoms with van der Waals surface area (Å²) in [5.74, 6) is 0.219. The number of carbonyl (C=O) groups is 1. The average Bonchev–Trinajstić information content (AvgIpc) is 2.95. The zero-order valence-electron chi connectivity index (χ0n) is 14.7. The Labute approximate surface area is 163 Å². The molecule has 0 unspecified atom stereocenters. The summed E-state index contributed by atoms with van der Waals surface area (Å²) in [6.45, 7) is 5.66. The van der Waals surface area contributed by atoms with E-state index in [9.17, 15) is 4.79 Å². The Morgan fingerprint density at radius 2 is 2.08 bits per heavy atom. The molecule has 3 rings (SSSR count). The molecule has 3 radical (unpaired) electrons. The first kappa shape index (κ1) is 18.4. The van der Waals surface area contributed by atoms with Gasteiger partial charge in [-0.1, -0.05) is 0 Å². The van der Waals surface area contributed by atoms with Crippen molar-refractivity contribution < 1.29 is 14.3 Å². The van der Waals surface area contributed by atoms with Gasteiger partial charge in [-0.3, -0.25) is 0 Å². The van der Waals surface area contributed by atoms with Gasteiger partial charge < -0.3 is 0 Å². The molecule has 2 aromatic heterocycles. The molecule has 2 N–H and O–H groups in total. The van der Waals surface area contributed by atoms with E-state index >= 15 is 0 Å². The number of nitrogens with two attached hydrogens (primary N) is 1. The monoisotopic (exact) mass is 460 g/mol. The second-order valence-corrected chi connectivity index (χ2v) is 8.29. The van der Waals surface area contributed by atoms with Crippen LogP contribution in [0.2, 0.25) is 0 Å². The van der Waals surface area contributed by atoms with Crippen molar-refractivity contribution in [2.75, 3.05) is 5.73 Å². The summed E-state index contributed by atoms with van der Waals surface area (Å²) in [6.07, 6.45) is 0.738. The molecule has 2 heterocycles. The molecule has 1 aromatic carbocycles. The maximum absolute atomic E-state index is 12.3. The number of anilines is 1. The summed E-state index contributed by atoms with van der Waals surface area (Å²) < 4.78 is 13.6. The Kier molecular flexibility index (Phi) is 5.03. The van der Waals surface area contributed by atoms with E-state index in [2.05, 4.69) is 21.0 Å².